The van der Waals surface area contributed by atoms with Crippen LogP contribution in [0.4, 0.5) is 4.79 Å². The van der Waals surface area contributed by atoms with Crippen LogP contribution in [0.3, 0.4) is 0 Å². The van der Waals surface area contributed by atoms with Gasteiger partial charge in [0.05, 0.1) is 18.0 Å². The molecule has 0 spiro atoms. The van der Waals surface area contributed by atoms with Crippen LogP contribution >= 0.6 is 15.9 Å². The van der Waals surface area contributed by atoms with Crippen LogP contribution in [0.2, 0.25) is 0 Å². The van der Waals surface area contributed by atoms with Crippen molar-refractivity contribution in [3.05, 3.63) is 0 Å². The molecule has 0 aromatic rings. The molecule has 0 N–H and O–H groups in total. The predicted molar refractivity (Wildman–Crippen MR) is 95.0 cm³/mol. The lowest BCUT2D eigenvalue weighted by Crippen LogP contribution is -2.56. The van der Waals surface area contributed by atoms with E-state index in [1.54, 1.807) is 4.90 Å². The van der Waals surface area contributed by atoms with Crippen molar-refractivity contribution in [1.82, 2.24) is 9.80 Å². The molecule has 0 radical (unpaired) electrons. The van der Waals surface area contributed by atoms with Crippen molar-refractivity contribution >= 4 is 27.9 Å². The monoisotopic (exact) mass is 404 g/mol. The van der Waals surface area contributed by atoms with Crippen molar-refractivity contribution in [2.75, 3.05) is 18.5 Å². The van der Waals surface area contributed by atoms with Gasteiger partial charge in [-0.1, -0.05) is 15.9 Å². The van der Waals surface area contributed by atoms with Crippen LogP contribution in [-0.2, 0) is 14.3 Å². The Morgan fingerprint density at radius 3 is 2.42 bits per heavy atom. The normalized spacial score (nSPS) is 23.8. The van der Waals surface area contributed by atoms with Crippen LogP contribution < -0.4 is 0 Å². The number of halogens is 1. The fourth-order valence-corrected chi connectivity index (χ4v) is 3.48. The minimum atomic E-state index is -0.740. The van der Waals surface area contributed by atoms with Gasteiger partial charge in [-0.3, -0.25) is 9.69 Å². The summed E-state index contributed by atoms with van der Waals surface area (Å²) in [6.07, 6.45) is 2.82. The Labute approximate surface area is 153 Å². The summed E-state index contributed by atoms with van der Waals surface area (Å²) in [6, 6.07) is 0.0812. The zero-order valence-corrected chi connectivity index (χ0v) is 16.9. The molecule has 1 saturated heterocycles. The van der Waals surface area contributed by atoms with Gasteiger partial charge in [0, 0.05) is 12.6 Å². The van der Waals surface area contributed by atoms with Gasteiger partial charge in [-0.15, -0.1) is 0 Å². The highest BCUT2D eigenvalue weighted by atomic mass is 79.9. The molecule has 24 heavy (non-hydrogen) atoms. The van der Waals surface area contributed by atoms with Crippen LogP contribution in [0, 0.1) is 0 Å². The van der Waals surface area contributed by atoms with E-state index in [1.165, 1.54) is 0 Å². The molecule has 6 nitrogen and oxygen atoms in total. The van der Waals surface area contributed by atoms with Crippen LogP contribution in [0.15, 0.2) is 0 Å². The Balaban J connectivity index is 2.14. The molecule has 2 aliphatic rings. The average molecular weight is 405 g/mol. The van der Waals surface area contributed by atoms with E-state index in [4.69, 9.17) is 9.47 Å². The Bertz CT molecular complexity index is 485. The second-order valence-corrected chi connectivity index (χ2v) is 8.59. The van der Waals surface area contributed by atoms with E-state index in [9.17, 15) is 9.59 Å². The van der Waals surface area contributed by atoms with Gasteiger partial charge < -0.3 is 14.4 Å². The summed E-state index contributed by atoms with van der Waals surface area (Å²) in [6.45, 7) is 10.1. The molecule has 1 aliphatic carbocycles. The molecule has 1 aliphatic heterocycles. The molecule has 0 aromatic carbocycles. The van der Waals surface area contributed by atoms with Gasteiger partial charge in [-0.2, -0.15) is 0 Å². The molecule has 2 fully saturated rings. The molecule has 1 unspecified atom stereocenters. The van der Waals surface area contributed by atoms with Crippen molar-refractivity contribution in [1.29, 1.82) is 0 Å². The molecule has 1 saturated carbocycles. The van der Waals surface area contributed by atoms with E-state index in [0.717, 1.165) is 19.3 Å². The quantitative estimate of drug-likeness (QED) is 0.675. The van der Waals surface area contributed by atoms with E-state index in [-0.39, 0.29) is 18.0 Å². The molecule has 7 heteroatoms. The Morgan fingerprint density at radius 1 is 1.33 bits per heavy atom. The third-order valence-corrected chi connectivity index (χ3v) is 5.00. The lowest BCUT2D eigenvalue weighted by Gasteiger charge is -2.41. The van der Waals surface area contributed by atoms with Crippen molar-refractivity contribution in [3.63, 3.8) is 0 Å². The third kappa shape index (κ3) is 4.42. The highest BCUT2D eigenvalue weighted by molar-refractivity contribution is 9.09. The summed E-state index contributed by atoms with van der Waals surface area (Å²) in [7, 11) is 0. The summed E-state index contributed by atoms with van der Waals surface area (Å²) < 4.78 is 11.4. The summed E-state index contributed by atoms with van der Waals surface area (Å²) in [5, 5.41) is 0.299. The molecule has 138 valence electrons. The molecule has 2 amide bonds. The zero-order valence-electron chi connectivity index (χ0n) is 15.3. The predicted octanol–water partition coefficient (Wildman–Crippen LogP) is 3.13. The zero-order chi connectivity index (χ0) is 18.1. The van der Waals surface area contributed by atoms with Crippen molar-refractivity contribution < 1.29 is 19.1 Å². The maximum Gasteiger partial charge on any atom is 0.412 e. The van der Waals surface area contributed by atoms with Crippen LogP contribution in [0.1, 0.15) is 53.9 Å². The molecule has 1 heterocycles. The number of rotatable bonds is 4. The minimum absolute atomic E-state index is 0.0635. The topological polar surface area (TPSA) is 59.1 Å². The van der Waals surface area contributed by atoms with Gasteiger partial charge in [-0.05, 0) is 53.9 Å². The molecule has 2 rings (SSSR count). The van der Waals surface area contributed by atoms with Crippen molar-refractivity contribution in [2.24, 2.45) is 0 Å². The molecule has 1 atom stereocenters. The van der Waals surface area contributed by atoms with Gasteiger partial charge in [0.25, 0.3) is 0 Å². The van der Waals surface area contributed by atoms with Gasteiger partial charge in [-0.25, -0.2) is 4.79 Å². The fourth-order valence-electron chi connectivity index (χ4n) is 3.15. The van der Waals surface area contributed by atoms with E-state index in [0.29, 0.717) is 18.5 Å². The summed E-state index contributed by atoms with van der Waals surface area (Å²) in [5.74, 6) is 0.0635. The SMILES string of the molecule is CC(C)(C)OC(=O)N1C(CN(C(=O)CBr)C2CCC2)COC1(C)C. The number of alkyl halides is 1. The van der Waals surface area contributed by atoms with E-state index in [2.05, 4.69) is 15.9 Å². The highest BCUT2D eigenvalue weighted by Gasteiger charge is 2.47. The first-order chi connectivity index (χ1) is 11.0. The maximum absolute atomic E-state index is 12.7. The third-order valence-electron chi connectivity index (χ3n) is 4.52. The van der Waals surface area contributed by atoms with Crippen LogP contribution in [0.25, 0.3) is 0 Å². The number of hydrogen-bond donors (Lipinski definition) is 0. The molecular weight excluding hydrogens is 376 g/mol. The van der Waals surface area contributed by atoms with E-state index < -0.39 is 17.4 Å². The van der Waals surface area contributed by atoms with Crippen molar-refractivity contribution in [2.45, 2.75) is 77.3 Å². The largest absolute Gasteiger partial charge is 0.444 e. The van der Waals surface area contributed by atoms with Crippen LogP contribution in [-0.4, -0.2) is 63.7 Å². The van der Waals surface area contributed by atoms with E-state index >= 15 is 0 Å². The summed E-state index contributed by atoms with van der Waals surface area (Å²) in [4.78, 5) is 28.5. The summed E-state index contributed by atoms with van der Waals surface area (Å²) in [5.41, 5.74) is -1.31. The van der Waals surface area contributed by atoms with Gasteiger partial charge in [0.2, 0.25) is 5.91 Å². The molecular formula is C17H29BrN2O4. The van der Waals surface area contributed by atoms with E-state index in [1.807, 2.05) is 39.5 Å². The fraction of sp³-hybridized carbons (Fsp3) is 0.882. The standard InChI is InChI=1S/C17H29BrN2O4/c1-16(2,3)24-15(22)20-13(11-23-17(20,4)5)10-19(14(21)9-18)12-7-6-8-12/h12-13H,6-11H2,1-5H3. The number of amides is 2. The molecule has 0 aromatic heterocycles. The van der Waals surface area contributed by atoms with Gasteiger partial charge in [0.15, 0.2) is 0 Å². The number of carbonyl (C=O) groups excluding carboxylic acids is 2. The molecule has 0 bridgehead atoms. The van der Waals surface area contributed by atoms with Gasteiger partial charge >= 0.3 is 6.09 Å². The first-order valence-corrected chi connectivity index (χ1v) is 9.69. The lowest BCUT2D eigenvalue weighted by molar-refractivity contribution is -0.133. The second-order valence-electron chi connectivity index (χ2n) is 8.03. The Hall–Kier alpha value is -0.820. The smallest absolute Gasteiger partial charge is 0.412 e. The Kier molecular flexibility index (Phi) is 5.85. The van der Waals surface area contributed by atoms with Gasteiger partial charge in [0.1, 0.15) is 11.3 Å². The number of nitrogens with zero attached hydrogens (tertiary/aromatic N) is 2. The average Bonchev–Trinajstić information content (AvgIpc) is 2.68. The number of carbonyl (C=O) groups is 2. The van der Waals surface area contributed by atoms with Crippen LogP contribution in [0.5, 0.6) is 0 Å². The Morgan fingerprint density at radius 2 is 1.96 bits per heavy atom. The first-order valence-electron chi connectivity index (χ1n) is 8.57. The highest BCUT2D eigenvalue weighted by Crippen LogP contribution is 2.32. The number of ether oxygens (including phenoxy) is 2. The number of hydrogen-bond acceptors (Lipinski definition) is 4. The minimum Gasteiger partial charge on any atom is -0.444 e. The first kappa shape index (κ1) is 19.5. The van der Waals surface area contributed by atoms with Crippen molar-refractivity contribution in [3.8, 4) is 0 Å². The lowest BCUT2D eigenvalue weighted by atomic mass is 9.91. The maximum atomic E-state index is 12.7. The summed E-state index contributed by atoms with van der Waals surface area (Å²) >= 11 is 3.26. The second kappa shape index (κ2) is 7.20.